The van der Waals surface area contributed by atoms with Crippen LogP contribution in [0.15, 0.2) is 23.1 Å². The molecule has 1 aromatic carbocycles. The quantitative estimate of drug-likeness (QED) is 0.789. The van der Waals surface area contributed by atoms with Gasteiger partial charge in [-0.25, -0.2) is 13.2 Å². The van der Waals surface area contributed by atoms with Gasteiger partial charge in [0, 0.05) is 12.7 Å². The van der Waals surface area contributed by atoms with Crippen molar-refractivity contribution in [2.75, 3.05) is 18.1 Å². The molecule has 2 amide bonds. The number of carbonyl (C=O) groups is 1. The number of benzene rings is 1. The minimum absolute atomic E-state index is 0.211. The number of aryl methyl sites for hydroxylation is 1. The Morgan fingerprint density at radius 3 is 2.82 bits per heavy atom. The second kappa shape index (κ2) is 4.37. The Hall–Kier alpha value is -1.56. The number of carbonyl (C=O) groups excluding carboxylic acids is 1. The lowest BCUT2D eigenvalue weighted by Gasteiger charge is -2.17. The Morgan fingerprint density at radius 1 is 1.35 bits per heavy atom. The molecule has 0 bridgehead atoms. The standard InChI is InChI=1S/C11H14N2O3S/c1-12-11(14)13-9-4-5-10-8(7-9)3-2-6-17(10,15)16/h4-5,7H,2-3,6H2,1H3,(H2,12,13,14). The number of urea groups is 1. The number of rotatable bonds is 1. The van der Waals surface area contributed by atoms with Crippen LogP contribution in [-0.4, -0.2) is 27.2 Å². The van der Waals surface area contributed by atoms with Crippen LogP contribution in [0, 0.1) is 0 Å². The lowest BCUT2D eigenvalue weighted by molar-refractivity contribution is 0.254. The molecule has 2 rings (SSSR count). The third kappa shape index (κ3) is 2.41. The van der Waals surface area contributed by atoms with Crippen LogP contribution >= 0.6 is 0 Å². The highest BCUT2D eigenvalue weighted by atomic mass is 32.2. The average Bonchev–Trinajstić information content (AvgIpc) is 2.28. The van der Waals surface area contributed by atoms with E-state index in [1.165, 1.54) is 7.05 Å². The maximum absolute atomic E-state index is 11.8. The molecule has 0 aliphatic carbocycles. The van der Waals surface area contributed by atoms with Crippen LogP contribution in [0.4, 0.5) is 10.5 Å². The summed E-state index contributed by atoms with van der Waals surface area (Å²) >= 11 is 0. The Bertz CT molecular complexity index is 552. The van der Waals surface area contributed by atoms with Gasteiger partial charge in [0.1, 0.15) is 0 Å². The fraction of sp³-hybridized carbons (Fsp3) is 0.364. The first kappa shape index (κ1) is 11.9. The second-order valence-corrected chi connectivity index (χ2v) is 6.03. The molecule has 0 spiro atoms. The summed E-state index contributed by atoms with van der Waals surface area (Å²) < 4.78 is 23.5. The molecule has 0 atom stereocenters. The molecule has 6 heteroatoms. The maximum Gasteiger partial charge on any atom is 0.318 e. The first-order valence-electron chi connectivity index (χ1n) is 5.37. The number of nitrogens with one attached hydrogen (secondary N) is 2. The Labute approximate surface area is 100 Å². The largest absolute Gasteiger partial charge is 0.341 e. The van der Waals surface area contributed by atoms with Crippen molar-refractivity contribution in [3.8, 4) is 0 Å². The zero-order valence-electron chi connectivity index (χ0n) is 9.49. The van der Waals surface area contributed by atoms with Crippen molar-refractivity contribution in [1.82, 2.24) is 5.32 Å². The molecular weight excluding hydrogens is 240 g/mol. The molecule has 17 heavy (non-hydrogen) atoms. The molecule has 0 unspecified atom stereocenters. The van der Waals surface area contributed by atoms with E-state index in [4.69, 9.17) is 0 Å². The van der Waals surface area contributed by atoms with Crippen LogP contribution in [-0.2, 0) is 16.3 Å². The van der Waals surface area contributed by atoms with Gasteiger partial charge in [-0.2, -0.15) is 0 Å². The Kier molecular flexibility index (Phi) is 3.06. The maximum atomic E-state index is 11.8. The molecule has 2 N–H and O–H groups in total. The fourth-order valence-electron chi connectivity index (χ4n) is 1.91. The van der Waals surface area contributed by atoms with Crippen molar-refractivity contribution in [3.05, 3.63) is 23.8 Å². The zero-order valence-corrected chi connectivity index (χ0v) is 10.3. The van der Waals surface area contributed by atoms with Gasteiger partial charge in [-0.15, -0.1) is 0 Å². The lowest BCUT2D eigenvalue weighted by atomic mass is 10.1. The molecule has 5 nitrogen and oxygen atoms in total. The van der Waals surface area contributed by atoms with Crippen molar-refractivity contribution >= 4 is 21.6 Å². The smallest absolute Gasteiger partial charge is 0.318 e. The van der Waals surface area contributed by atoms with Crippen LogP contribution < -0.4 is 10.6 Å². The minimum Gasteiger partial charge on any atom is -0.341 e. The number of hydrogen-bond donors (Lipinski definition) is 2. The molecule has 0 saturated heterocycles. The molecule has 0 aromatic heterocycles. The van der Waals surface area contributed by atoms with Gasteiger partial charge >= 0.3 is 6.03 Å². The monoisotopic (exact) mass is 254 g/mol. The van der Waals surface area contributed by atoms with E-state index in [-0.39, 0.29) is 11.8 Å². The van der Waals surface area contributed by atoms with Gasteiger partial charge < -0.3 is 10.6 Å². The topological polar surface area (TPSA) is 75.3 Å². The van der Waals surface area contributed by atoms with Gasteiger partial charge in [-0.3, -0.25) is 0 Å². The molecule has 1 aliphatic rings. The third-order valence-electron chi connectivity index (χ3n) is 2.74. The number of amides is 2. The van der Waals surface area contributed by atoms with Crippen molar-refractivity contribution in [3.63, 3.8) is 0 Å². The number of fused-ring (bicyclic) bond motifs is 1. The van der Waals surface area contributed by atoms with Crippen LogP contribution in [0.2, 0.25) is 0 Å². The summed E-state index contributed by atoms with van der Waals surface area (Å²) in [5, 5.41) is 5.07. The summed E-state index contributed by atoms with van der Waals surface area (Å²) in [6.45, 7) is 0. The average molecular weight is 254 g/mol. The highest BCUT2D eigenvalue weighted by Gasteiger charge is 2.23. The SMILES string of the molecule is CNC(=O)Nc1ccc2c(c1)CCCS2(=O)=O. The third-order valence-corrected chi connectivity index (χ3v) is 4.63. The molecular formula is C11H14N2O3S. The van der Waals surface area contributed by atoms with Crippen molar-refractivity contribution in [2.45, 2.75) is 17.7 Å². The molecule has 92 valence electrons. The van der Waals surface area contributed by atoms with Gasteiger partial charge in [0.25, 0.3) is 0 Å². The molecule has 0 saturated carbocycles. The fourth-order valence-corrected chi connectivity index (χ4v) is 3.49. The first-order valence-corrected chi connectivity index (χ1v) is 7.02. The van der Waals surface area contributed by atoms with Crippen molar-refractivity contribution in [2.24, 2.45) is 0 Å². The Morgan fingerprint density at radius 2 is 2.12 bits per heavy atom. The molecule has 1 heterocycles. The molecule has 0 fully saturated rings. The second-order valence-electron chi connectivity index (χ2n) is 3.95. The molecule has 1 aliphatic heterocycles. The van der Waals surface area contributed by atoms with Crippen LogP contribution in [0.1, 0.15) is 12.0 Å². The van der Waals surface area contributed by atoms with E-state index < -0.39 is 9.84 Å². The van der Waals surface area contributed by atoms with Crippen molar-refractivity contribution in [1.29, 1.82) is 0 Å². The summed E-state index contributed by atoms with van der Waals surface area (Å²) in [7, 11) is -1.60. The zero-order chi connectivity index (χ0) is 12.5. The van der Waals surface area contributed by atoms with Gasteiger partial charge in [0.05, 0.1) is 10.6 Å². The van der Waals surface area contributed by atoms with E-state index >= 15 is 0 Å². The highest BCUT2D eigenvalue weighted by molar-refractivity contribution is 7.91. The van der Waals surface area contributed by atoms with Crippen LogP contribution in [0.5, 0.6) is 0 Å². The van der Waals surface area contributed by atoms with Gasteiger partial charge in [-0.1, -0.05) is 0 Å². The van der Waals surface area contributed by atoms with Gasteiger partial charge in [0.15, 0.2) is 9.84 Å². The summed E-state index contributed by atoms with van der Waals surface area (Å²) in [5.41, 5.74) is 1.39. The summed E-state index contributed by atoms with van der Waals surface area (Å²) in [6.07, 6.45) is 1.37. The van der Waals surface area contributed by atoms with E-state index in [2.05, 4.69) is 10.6 Å². The van der Waals surface area contributed by atoms with Crippen LogP contribution in [0.3, 0.4) is 0 Å². The van der Waals surface area contributed by atoms with E-state index in [0.717, 1.165) is 12.0 Å². The molecule has 1 aromatic rings. The highest BCUT2D eigenvalue weighted by Crippen LogP contribution is 2.27. The summed E-state index contributed by atoms with van der Waals surface area (Å²) in [6, 6.07) is 4.58. The summed E-state index contributed by atoms with van der Waals surface area (Å²) in [5.74, 6) is 0.211. The van der Waals surface area contributed by atoms with Gasteiger partial charge in [-0.05, 0) is 36.6 Å². The lowest BCUT2D eigenvalue weighted by Crippen LogP contribution is -2.24. The van der Waals surface area contributed by atoms with Crippen LogP contribution in [0.25, 0.3) is 0 Å². The van der Waals surface area contributed by atoms with E-state index in [9.17, 15) is 13.2 Å². The Balaban J connectivity index is 2.35. The summed E-state index contributed by atoms with van der Waals surface area (Å²) in [4.78, 5) is 11.5. The predicted molar refractivity (Wildman–Crippen MR) is 64.9 cm³/mol. The molecule has 0 radical (unpaired) electrons. The number of sulfone groups is 1. The predicted octanol–water partition coefficient (Wildman–Crippen LogP) is 1.16. The van der Waals surface area contributed by atoms with E-state index in [1.54, 1.807) is 18.2 Å². The number of anilines is 1. The van der Waals surface area contributed by atoms with Crippen molar-refractivity contribution < 1.29 is 13.2 Å². The first-order chi connectivity index (χ1) is 8.03. The number of hydrogen-bond acceptors (Lipinski definition) is 3. The van der Waals surface area contributed by atoms with E-state index in [1.807, 2.05) is 0 Å². The minimum atomic E-state index is -3.12. The van der Waals surface area contributed by atoms with E-state index in [0.29, 0.717) is 17.0 Å². The van der Waals surface area contributed by atoms with Gasteiger partial charge in [0.2, 0.25) is 0 Å². The normalized spacial score (nSPS) is 17.0.